The maximum atomic E-state index is 14.2. The van der Waals surface area contributed by atoms with Crippen molar-refractivity contribution in [1.29, 1.82) is 0 Å². The lowest BCUT2D eigenvalue weighted by molar-refractivity contribution is -0.162. The largest absolute Gasteiger partial charge is 0.457 e. The average Bonchev–Trinajstić information content (AvgIpc) is 3.93. The highest BCUT2D eigenvalue weighted by atomic mass is 35.5. The summed E-state index contributed by atoms with van der Waals surface area (Å²) in [6.45, 7) is 12.2. The zero-order chi connectivity index (χ0) is 47.9. The highest BCUT2D eigenvalue weighted by Crippen LogP contribution is 2.50. The molecular weight excluding hydrogens is 907 g/mol. The van der Waals surface area contributed by atoms with Gasteiger partial charge in [-0.2, -0.15) is 0 Å². The number of rotatable bonds is 15. The zero-order valence-corrected chi connectivity index (χ0v) is 41.8. The van der Waals surface area contributed by atoms with Crippen LogP contribution in [0, 0.1) is 18.8 Å². The van der Waals surface area contributed by atoms with Gasteiger partial charge in [0.2, 0.25) is 25.1 Å². The number of amides is 4. The predicted octanol–water partition coefficient (Wildman–Crippen LogP) is 5.75. The van der Waals surface area contributed by atoms with Gasteiger partial charge in [-0.05, 0) is 71.6 Å². The van der Waals surface area contributed by atoms with Crippen LogP contribution in [-0.2, 0) is 44.4 Å². The van der Waals surface area contributed by atoms with E-state index in [2.05, 4.69) is 10.6 Å². The second-order valence-electron chi connectivity index (χ2n) is 18.0. The third kappa shape index (κ3) is 14.0. The number of nitrogens with one attached hydrogen (secondary N) is 2. The molecular formula is C44H66ClN4O12PS2. The van der Waals surface area contributed by atoms with Crippen LogP contribution >= 0.6 is 40.6 Å². The second kappa shape index (κ2) is 22.1. The van der Waals surface area contributed by atoms with Crippen LogP contribution < -0.4 is 15.5 Å². The van der Waals surface area contributed by atoms with Crippen LogP contribution in [0.2, 0.25) is 5.02 Å². The number of likely N-dealkylation sites (N-methyl/N-ethyl adjacent to an activating group) is 1. The summed E-state index contributed by atoms with van der Waals surface area (Å²) in [7, 11) is 4.02. The number of hydrogen-bond donors (Lipinski definition) is 5. The van der Waals surface area contributed by atoms with Gasteiger partial charge in [0.15, 0.2) is 5.72 Å². The Morgan fingerprint density at radius 2 is 1.89 bits per heavy atom. The molecule has 2 saturated heterocycles. The van der Waals surface area contributed by atoms with Crippen molar-refractivity contribution in [3.05, 3.63) is 52.1 Å². The third-order valence-electron chi connectivity index (χ3n) is 12.4. The van der Waals surface area contributed by atoms with Crippen LogP contribution in [0.25, 0.3) is 0 Å². The summed E-state index contributed by atoms with van der Waals surface area (Å²) in [5, 5.41) is 27.4. The molecule has 5 N–H and O–H groups in total. The summed E-state index contributed by atoms with van der Waals surface area (Å²) < 4.78 is 30.2. The number of ether oxygens (including phenoxy) is 3. The molecule has 2 unspecified atom stereocenters. The van der Waals surface area contributed by atoms with E-state index in [1.807, 2.05) is 45.9 Å². The molecule has 3 heterocycles. The molecule has 4 rings (SSSR count). The fraction of sp³-hybridized carbons (Fsp3) is 0.659. The van der Waals surface area contributed by atoms with Crippen LogP contribution in [0.15, 0.2) is 35.9 Å². The second-order valence-corrected chi connectivity index (χ2v) is 24.1. The molecule has 358 valence electrons. The summed E-state index contributed by atoms with van der Waals surface area (Å²) in [5.41, 5.74) is -0.138. The Hall–Kier alpha value is -3.09. The van der Waals surface area contributed by atoms with Crippen molar-refractivity contribution in [2.24, 2.45) is 11.8 Å². The van der Waals surface area contributed by atoms with E-state index in [1.165, 1.54) is 52.4 Å². The number of nitrogens with zero attached hydrogens (tertiary/aromatic N) is 2. The number of benzene rings is 1. The number of aliphatic hydroxyl groups is 2. The maximum Gasteiger partial charge on any atom is 0.409 e. The molecule has 0 aromatic heterocycles. The predicted molar refractivity (Wildman–Crippen MR) is 251 cm³/mol. The average molecular weight is 974 g/mol. The minimum absolute atomic E-state index is 0.0192. The van der Waals surface area contributed by atoms with Crippen LogP contribution in [0.5, 0.6) is 0 Å². The smallest absolute Gasteiger partial charge is 0.409 e. The number of allylic oxidation sites excluding steroid dienone is 3. The van der Waals surface area contributed by atoms with Crippen molar-refractivity contribution in [2.45, 2.75) is 127 Å². The summed E-state index contributed by atoms with van der Waals surface area (Å²) in [5.74, 6) is -2.90. The molecule has 0 spiro atoms. The molecule has 20 heteroatoms. The van der Waals surface area contributed by atoms with Gasteiger partial charge >= 0.3 is 12.1 Å². The van der Waals surface area contributed by atoms with E-state index >= 15 is 0 Å². The summed E-state index contributed by atoms with van der Waals surface area (Å²) >= 11 is 6.80. The Labute approximate surface area is 389 Å². The first-order valence-electron chi connectivity index (χ1n) is 21.4. The van der Waals surface area contributed by atoms with Gasteiger partial charge in [0.05, 0.1) is 29.8 Å². The first-order valence-corrected chi connectivity index (χ1v) is 26.2. The first kappa shape index (κ1) is 53.5. The van der Waals surface area contributed by atoms with Crippen molar-refractivity contribution in [3.63, 3.8) is 0 Å². The lowest BCUT2D eigenvalue weighted by atomic mass is 9.81. The van der Waals surface area contributed by atoms with Gasteiger partial charge in [0, 0.05) is 75.1 Å². The summed E-state index contributed by atoms with van der Waals surface area (Å²) in [6.07, 6.45) is 2.04. The molecule has 1 aromatic rings. The highest BCUT2D eigenvalue weighted by molar-refractivity contribution is 8.77. The van der Waals surface area contributed by atoms with Gasteiger partial charge in [-0.15, -0.1) is 0 Å². The lowest BCUT2D eigenvalue weighted by Gasteiger charge is -2.42. The fourth-order valence-corrected chi connectivity index (χ4v) is 13.0. The molecule has 4 amide bonds. The SMILES string of the molecule is CNC(=O)CCP(=O)(O)CCSSC(C)(C)CCC(=O)N(C)[C@@H](C)C(=O)O[C@H]1CC(=O)N(C)c2cc(cc(C)c2Cl)C/C(C)=C/C=C/[C@@H](CO)[C@@]2(O)CC(OC(=O)N2)[C@@H](C)[C@H]2O[C@@]12C. The van der Waals surface area contributed by atoms with Gasteiger partial charge < -0.3 is 44.4 Å². The van der Waals surface area contributed by atoms with Gasteiger partial charge in [-0.3, -0.25) is 24.3 Å². The third-order valence-corrected chi connectivity index (χ3v) is 18.4. The van der Waals surface area contributed by atoms with Crippen molar-refractivity contribution >= 4 is 76.0 Å². The summed E-state index contributed by atoms with van der Waals surface area (Å²) in [4.78, 5) is 79.2. The van der Waals surface area contributed by atoms with E-state index < -0.39 is 84.2 Å². The van der Waals surface area contributed by atoms with E-state index in [-0.39, 0.29) is 49.8 Å². The Kier molecular flexibility index (Phi) is 18.5. The number of aryl methyl sites for hydroxylation is 1. The van der Waals surface area contributed by atoms with Crippen LogP contribution in [0.3, 0.4) is 0 Å². The van der Waals surface area contributed by atoms with Gasteiger partial charge in [0.25, 0.3) is 0 Å². The number of alkyl carbamates (subject to hydrolysis) is 1. The topological polar surface area (TPSA) is 225 Å². The van der Waals surface area contributed by atoms with Gasteiger partial charge in [-0.1, -0.05) is 70.0 Å². The zero-order valence-electron chi connectivity index (χ0n) is 38.5. The van der Waals surface area contributed by atoms with E-state index in [4.69, 9.17) is 25.8 Å². The number of carbonyl (C=O) groups is 5. The Balaban J connectivity index is 1.53. The number of halogens is 1. The number of epoxide rings is 1. The Morgan fingerprint density at radius 3 is 2.55 bits per heavy atom. The van der Waals surface area contributed by atoms with Crippen LogP contribution in [0.1, 0.15) is 84.8 Å². The minimum Gasteiger partial charge on any atom is -0.457 e. The van der Waals surface area contributed by atoms with E-state index in [0.29, 0.717) is 29.3 Å². The molecule has 2 fully saturated rings. The molecule has 4 bridgehead atoms. The number of fused-ring (bicyclic) bond motifs is 5. The van der Waals surface area contributed by atoms with Crippen molar-refractivity contribution in [3.8, 4) is 0 Å². The minimum atomic E-state index is -3.46. The summed E-state index contributed by atoms with van der Waals surface area (Å²) in [6, 6.07) is 2.68. The molecule has 1 aromatic carbocycles. The molecule has 3 aliphatic heterocycles. The molecule has 0 saturated carbocycles. The quantitative estimate of drug-likeness (QED) is 0.0464. The number of anilines is 1. The van der Waals surface area contributed by atoms with Crippen molar-refractivity contribution in [1.82, 2.24) is 15.5 Å². The maximum absolute atomic E-state index is 14.2. The van der Waals surface area contributed by atoms with E-state index in [0.717, 1.165) is 16.7 Å². The van der Waals surface area contributed by atoms with E-state index in [9.17, 15) is 43.6 Å². The molecule has 9 atom stereocenters. The fourth-order valence-electron chi connectivity index (χ4n) is 7.80. The number of esters is 1. The van der Waals surface area contributed by atoms with Gasteiger partial charge in [-0.25, -0.2) is 9.59 Å². The molecule has 0 aliphatic carbocycles. The van der Waals surface area contributed by atoms with Crippen LogP contribution in [0.4, 0.5) is 10.5 Å². The number of carbonyl (C=O) groups excluding carboxylic acids is 5. The lowest BCUT2D eigenvalue weighted by Crippen LogP contribution is -2.62. The monoisotopic (exact) mass is 972 g/mol. The number of hydrogen-bond acceptors (Lipinski definition) is 13. The standard InChI is InChI=1S/C44H66ClN4O12PS2/c1-26-12-11-13-31(25-50)44(56)24-33(59-41(55)47-44)28(3)39-43(7,61-39)34(23-37(53)49(10)32-22-30(20-26)21-27(2)38(32)45)60-40(54)29(4)48(9)36(52)14-16-42(5,6)64-63-19-18-62(57,58)17-15-35(51)46-8/h11-13,21-22,28-29,31,33-34,39,50,56H,14-20,23-25H2,1-10H3,(H,46,51)(H,47,55)(H,57,58)/b13-11+,26-12+/t28-,29+,31+,33?,34+,39-,43+,44+/m1/s1. The molecule has 0 radical (unpaired) electrons. The molecule has 64 heavy (non-hydrogen) atoms. The van der Waals surface area contributed by atoms with Gasteiger partial charge in [0.1, 0.15) is 23.9 Å². The Bertz CT molecular complexity index is 2020. The first-order chi connectivity index (χ1) is 29.8. The van der Waals surface area contributed by atoms with Crippen molar-refractivity contribution < 1.29 is 57.9 Å². The van der Waals surface area contributed by atoms with Crippen molar-refractivity contribution in [2.75, 3.05) is 50.7 Å². The molecule has 16 nitrogen and oxygen atoms in total. The Morgan fingerprint density at radius 1 is 1.20 bits per heavy atom. The highest BCUT2D eigenvalue weighted by Gasteiger charge is 2.64. The number of aliphatic hydroxyl groups excluding tert-OH is 1. The normalized spacial score (nSPS) is 29.1. The van der Waals surface area contributed by atoms with E-state index in [1.54, 1.807) is 33.0 Å². The van der Waals surface area contributed by atoms with Crippen LogP contribution in [-0.4, -0.2) is 136 Å². The molecule has 3 aliphatic rings.